The molecule has 106 valence electrons. The normalized spacial score (nSPS) is 12.4. The molecule has 0 spiro atoms. The van der Waals surface area contributed by atoms with Gasteiger partial charge in [0.15, 0.2) is 0 Å². The van der Waals surface area contributed by atoms with Crippen LogP contribution in [0.1, 0.15) is 28.4 Å². The van der Waals surface area contributed by atoms with Crippen LogP contribution in [0, 0.1) is 12.7 Å². The fraction of sp³-hybridized carbons (Fsp3) is 0.294. The van der Waals surface area contributed by atoms with Gasteiger partial charge in [0.2, 0.25) is 0 Å². The molecule has 3 heteroatoms. The molecule has 0 saturated heterocycles. The average molecular weight is 274 g/mol. The van der Waals surface area contributed by atoms with Crippen LogP contribution in [-0.4, -0.2) is 12.2 Å². The summed E-state index contributed by atoms with van der Waals surface area (Å²) in [4.78, 5) is 0. The summed E-state index contributed by atoms with van der Waals surface area (Å²) < 4.78 is 18.1. The van der Waals surface area contributed by atoms with Gasteiger partial charge >= 0.3 is 0 Å². The first-order chi connectivity index (χ1) is 9.60. The summed E-state index contributed by atoms with van der Waals surface area (Å²) in [6.07, 6.45) is -0.105. The number of benzene rings is 2. The number of hydrogen-bond acceptors (Lipinski definition) is 2. The lowest BCUT2D eigenvalue weighted by molar-refractivity contribution is 0.177. The van der Waals surface area contributed by atoms with E-state index in [1.165, 1.54) is 12.1 Å². The van der Waals surface area contributed by atoms with Crippen LogP contribution in [0.4, 0.5) is 4.39 Å². The number of aliphatic hydroxyl groups excluding tert-OH is 1. The van der Waals surface area contributed by atoms with E-state index in [1.54, 1.807) is 13.2 Å². The molecule has 0 amide bonds. The first kappa shape index (κ1) is 14.7. The minimum absolute atomic E-state index is 0.246. The monoisotopic (exact) mass is 274 g/mol. The molecule has 0 fully saturated rings. The van der Waals surface area contributed by atoms with Gasteiger partial charge in [-0.2, -0.15) is 0 Å². The third kappa shape index (κ3) is 3.65. The molecule has 0 heterocycles. The number of ether oxygens (including phenoxy) is 1. The lowest BCUT2D eigenvalue weighted by Crippen LogP contribution is -2.03. The van der Waals surface area contributed by atoms with Crippen molar-refractivity contribution in [2.75, 3.05) is 7.11 Å². The summed E-state index contributed by atoms with van der Waals surface area (Å²) in [6, 6.07) is 12.3. The maximum absolute atomic E-state index is 13.1. The van der Waals surface area contributed by atoms with E-state index in [0.717, 1.165) is 22.3 Å². The zero-order valence-corrected chi connectivity index (χ0v) is 11.8. The minimum Gasteiger partial charge on any atom is -0.388 e. The molecule has 1 unspecified atom stereocenters. The first-order valence-corrected chi connectivity index (χ1v) is 6.61. The van der Waals surface area contributed by atoms with Crippen molar-refractivity contribution in [2.45, 2.75) is 26.1 Å². The van der Waals surface area contributed by atoms with E-state index in [-0.39, 0.29) is 5.82 Å². The molecule has 0 aromatic heterocycles. The zero-order valence-electron chi connectivity index (χ0n) is 11.8. The van der Waals surface area contributed by atoms with Gasteiger partial charge in [-0.3, -0.25) is 0 Å². The number of hydrogen-bond donors (Lipinski definition) is 1. The van der Waals surface area contributed by atoms with Gasteiger partial charge in [-0.1, -0.05) is 30.3 Å². The highest BCUT2D eigenvalue weighted by Crippen LogP contribution is 2.21. The van der Waals surface area contributed by atoms with Crippen LogP contribution >= 0.6 is 0 Å². The molecule has 2 rings (SSSR count). The second-order valence-electron chi connectivity index (χ2n) is 4.97. The largest absolute Gasteiger partial charge is 0.388 e. The van der Waals surface area contributed by atoms with Crippen molar-refractivity contribution in [3.63, 3.8) is 0 Å². The fourth-order valence-electron chi connectivity index (χ4n) is 2.22. The predicted octanol–water partition coefficient (Wildman–Crippen LogP) is 3.56. The van der Waals surface area contributed by atoms with E-state index in [0.29, 0.717) is 13.0 Å². The summed E-state index contributed by atoms with van der Waals surface area (Å²) >= 11 is 0. The topological polar surface area (TPSA) is 29.5 Å². The molecule has 0 saturated carbocycles. The molecular formula is C17H19FO2. The Morgan fingerprint density at radius 2 is 1.85 bits per heavy atom. The van der Waals surface area contributed by atoms with Gasteiger partial charge in [-0.25, -0.2) is 4.39 Å². The number of methoxy groups -OCH3 is 1. The van der Waals surface area contributed by atoms with E-state index in [2.05, 4.69) is 0 Å². The quantitative estimate of drug-likeness (QED) is 0.903. The van der Waals surface area contributed by atoms with Crippen LogP contribution in [-0.2, 0) is 17.8 Å². The molecule has 0 aliphatic rings. The van der Waals surface area contributed by atoms with Gasteiger partial charge in [-0.05, 0) is 41.3 Å². The van der Waals surface area contributed by atoms with Crippen molar-refractivity contribution in [2.24, 2.45) is 0 Å². The van der Waals surface area contributed by atoms with Gasteiger partial charge in [0.25, 0.3) is 0 Å². The summed E-state index contributed by atoms with van der Waals surface area (Å²) in [7, 11) is 1.65. The van der Waals surface area contributed by atoms with Crippen molar-refractivity contribution in [3.8, 4) is 0 Å². The van der Waals surface area contributed by atoms with E-state index >= 15 is 0 Å². The molecule has 2 aromatic carbocycles. The Labute approximate surface area is 118 Å². The average Bonchev–Trinajstić information content (AvgIpc) is 2.43. The fourth-order valence-corrected chi connectivity index (χ4v) is 2.22. The standard InChI is InChI=1S/C17H19FO2/c1-12-9-16(18)8-7-15(12)10-17(19)14-5-3-13(4-6-14)11-20-2/h3-9,17,19H,10-11H2,1-2H3. The highest BCUT2D eigenvalue weighted by Gasteiger charge is 2.10. The Balaban J connectivity index is 2.09. The van der Waals surface area contributed by atoms with Crippen molar-refractivity contribution < 1.29 is 14.2 Å². The van der Waals surface area contributed by atoms with Crippen molar-refractivity contribution in [1.82, 2.24) is 0 Å². The van der Waals surface area contributed by atoms with Crippen LogP contribution in [0.3, 0.4) is 0 Å². The van der Waals surface area contributed by atoms with Crippen LogP contribution in [0.15, 0.2) is 42.5 Å². The number of aryl methyl sites for hydroxylation is 1. The van der Waals surface area contributed by atoms with Crippen LogP contribution < -0.4 is 0 Å². The maximum atomic E-state index is 13.1. The van der Waals surface area contributed by atoms with E-state index in [1.807, 2.05) is 31.2 Å². The molecular weight excluding hydrogens is 255 g/mol. The Kier molecular flexibility index (Phi) is 4.88. The second-order valence-corrected chi connectivity index (χ2v) is 4.97. The molecule has 0 aliphatic carbocycles. The Morgan fingerprint density at radius 1 is 1.15 bits per heavy atom. The van der Waals surface area contributed by atoms with Gasteiger partial charge < -0.3 is 9.84 Å². The molecule has 1 atom stereocenters. The molecule has 2 nitrogen and oxygen atoms in total. The van der Waals surface area contributed by atoms with Crippen LogP contribution in [0.25, 0.3) is 0 Å². The van der Waals surface area contributed by atoms with Gasteiger partial charge in [0.1, 0.15) is 5.82 Å². The number of aliphatic hydroxyl groups is 1. The Morgan fingerprint density at radius 3 is 2.45 bits per heavy atom. The number of halogens is 1. The Hall–Kier alpha value is -1.71. The van der Waals surface area contributed by atoms with Gasteiger partial charge in [-0.15, -0.1) is 0 Å². The van der Waals surface area contributed by atoms with Crippen molar-refractivity contribution in [1.29, 1.82) is 0 Å². The maximum Gasteiger partial charge on any atom is 0.123 e. The lowest BCUT2D eigenvalue weighted by Gasteiger charge is -2.13. The molecule has 1 N–H and O–H groups in total. The van der Waals surface area contributed by atoms with Crippen LogP contribution in [0.5, 0.6) is 0 Å². The minimum atomic E-state index is -0.587. The van der Waals surface area contributed by atoms with Crippen LogP contribution in [0.2, 0.25) is 0 Å². The second kappa shape index (κ2) is 6.64. The first-order valence-electron chi connectivity index (χ1n) is 6.61. The highest BCUT2D eigenvalue weighted by molar-refractivity contribution is 5.30. The summed E-state index contributed by atoms with van der Waals surface area (Å²) in [5.74, 6) is -0.246. The molecule has 0 bridgehead atoms. The van der Waals surface area contributed by atoms with E-state index < -0.39 is 6.10 Å². The third-order valence-corrected chi connectivity index (χ3v) is 3.39. The molecule has 0 aliphatic heterocycles. The van der Waals surface area contributed by atoms with E-state index in [9.17, 15) is 9.50 Å². The van der Waals surface area contributed by atoms with Gasteiger partial charge in [0.05, 0.1) is 12.7 Å². The molecule has 20 heavy (non-hydrogen) atoms. The predicted molar refractivity (Wildman–Crippen MR) is 77.0 cm³/mol. The zero-order chi connectivity index (χ0) is 14.5. The van der Waals surface area contributed by atoms with Crippen molar-refractivity contribution in [3.05, 3.63) is 70.5 Å². The summed E-state index contributed by atoms with van der Waals surface area (Å²) in [5, 5.41) is 10.3. The lowest BCUT2D eigenvalue weighted by atomic mass is 9.97. The molecule has 2 aromatic rings. The highest BCUT2D eigenvalue weighted by atomic mass is 19.1. The van der Waals surface area contributed by atoms with E-state index in [4.69, 9.17) is 4.74 Å². The number of rotatable bonds is 5. The molecule has 0 radical (unpaired) electrons. The van der Waals surface area contributed by atoms with Crippen molar-refractivity contribution >= 4 is 0 Å². The summed E-state index contributed by atoms with van der Waals surface area (Å²) in [5.41, 5.74) is 3.75. The smallest absolute Gasteiger partial charge is 0.123 e. The SMILES string of the molecule is COCc1ccc(C(O)Cc2ccc(F)cc2C)cc1. The van der Waals surface area contributed by atoms with Gasteiger partial charge in [0, 0.05) is 13.5 Å². The third-order valence-electron chi connectivity index (χ3n) is 3.39. The summed E-state index contributed by atoms with van der Waals surface area (Å²) in [6.45, 7) is 2.42. The Bertz CT molecular complexity index is 564.